The zero-order chi connectivity index (χ0) is 13.2. The van der Waals surface area contributed by atoms with Crippen molar-refractivity contribution in [2.24, 2.45) is 12.8 Å². The van der Waals surface area contributed by atoms with Crippen LogP contribution in [0.4, 0.5) is 0 Å². The second-order valence-corrected chi connectivity index (χ2v) is 4.19. The van der Waals surface area contributed by atoms with E-state index in [1.54, 1.807) is 18.1 Å². The molecule has 0 bridgehead atoms. The maximum Gasteiger partial charge on any atom is 0.335 e. The van der Waals surface area contributed by atoms with Crippen LogP contribution < -0.4 is 10.5 Å². The van der Waals surface area contributed by atoms with Crippen molar-refractivity contribution in [1.29, 1.82) is 0 Å². The number of fused-ring (bicyclic) bond motifs is 1. The second-order valence-electron chi connectivity index (χ2n) is 4.19. The second kappa shape index (κ2) is 4.74. The number of aryl methyl sites for hydroxylation is 1. The minimum absolute atomic E-state index is 0.336. The molecule has 2 heterocycles. The molecule has 6 heteroatoms. The zero-order valence-corrected chi connectivity index (χ0v) is 10.5. The number of hydrogen-bond donors (Lipinski definition) is 1. The largest absolute Gasteiger partial charge is 0.459 e. The van der Waals surface area contributed by atoms with Gasteiger partial charge in [-0.25, -0.2) is 0 Å². The Hall–Kier alpha value is -2.34. The topological polar surface area (TPSA) is 79.1 Å². The van der Waals surface area contributed by atoms with Crippen molar-refractivity contribution in [3.05, 3.63) is 41.9 Å². The molecule has 0 aliphatic rings. The van der Waals surface area contributed by atoms with E-state index in [9.17, 15) is 0 Å². The van der Waals surface area contributed by atoms with Crippen molar-refractivity contribution in [2.75, 3.05) is 0 Å². The lowest BCUT2D eigenvalue weighted by Crippen LogP contribution is -2.03. The molecule has 0 saturated heterocycles. The molecule has 19 heavy (non-hydrogen) atoms. The zero-order valence-electron chi connectivity index (χ0n) is 10.5. The van der Waals surface area contributed by atoms with E-state index in [2.05, 4.69) is 10.1 Å². The summed E-state index contributed by atoms with van der Waals surface area (Å²) in [4.78, 5) is 4.02. The first kappa shape index (κ1) is 11.7. The molecule has 3 aromatic rings. The summed E-state index contributed by atoms with van der Waals surface area (Å²) < 4.78 is 12.8. The van der Waals surface area contributed by atoms with Crippen LogP contribution in [0.5, 0.6) is 6.01 Å². The van der Waals surface area contributed by atoms with Crippen molar-refractivity contribution in [1.82, 2.24) is 14.8 Å². The predicted molar refractivity (Wildman–Crippen MR) is 69.4 cm³/mol. The molecule has 0 unspecified atom stereocenters. The fourth-order valence-electron chi connectivity index (χ4n) is 1.99. The van der Waals surface area contributed by atoms with E-state index < -0.39 is 0 Å². The van der Waals surface area contributed by atoms with Crippen LogP contribution in [0, 0.1) is 0 Å². The van der Waals surface area contributed by atoms with Gasteiger partial charge in [0.1, 0.15) is 24.3 Å². The van der Waals surface area contributed by atoms with Gasteiger partial charge in [0, 0.05) is 18.0 Å². The summed E-state index contributed by atoms with van der Waals surface area (Å²) in [5.41, 5.74) is 7.47. The quantitative estimate of drug-likeness (QED) is 0.769. The fourth-order valence-corrected chi connectivity index (χ4v) is 1.99. The fraction of sp³-hybridized carbons (Fsp3) is 0.231. The summed E-state index contributed by atoms with van der Waals surface area (Å²) in [7, 11) is 1.79. The molecule has 0 spiro atoms. The van der Waals surface area contributed by atoms with Gasteiger partial charge in [-0.05, 0) is 6.07 Å². The molecule has 0 fully saturated rings. The number of hydrogen-bond acceptors (Lipinski definition) is 5. The predicted octanol–water partition coefficient (Wildman–Crippen LogP) is 1.60. The standard InChI is InChI=1S/C13H14N4O2/c1-17-8-15-13(16-17)18-7-10-9-4-2-3-5-11(9)19-12(10)6-14/h2-5,8H,6-7,14H2,1H3. The summed E-state index contributed by atoms with van der Waals surface area (Å²) >= 11 is 0. The van der Waals surface area contributed by atoms with Gasteiger partial charge in [0.25, 0.3) is 0 Å². The van der Waals surface area contributed by atoms with Gasteiger partial charge in [0.15, 0.2) is 0 Å². The van der Waals surface area contributed by atoms with Crippen LogP contribution in [0.2, 0.25) is 0 Å². The van der Waals surface area contributed by atoms with E-state index in [-0.39, 0.29) is 0 Å². The lowest BCUT2D eigenvalue weighted by Gasteiger charge is -2.02. The third kappa shape index (κ3) is 2.17. The number of furan rings is 1. The lowest BCUT2D eigenvalue weighted by molar-refractivity contribution is 0.278. The molecular formula is C13H14N4O2. The Morgan fingerprint density at radius 2 is 2.21 bits per heavy atom. The smallest absolute Gasteiger partial charge is 0.335 e. The Morgan fingerprint density at radius 3 is 2.95 bits per heavy atom. The number of rotatable bonds is 4. The van der Waals surface area contributed by atoms with Crippen LogP contribution in [0.1, 0.15) is 11.3 Å². The number of benzene rings is 1. The molecule has 2 aromatic heterocycles. The van der Waals surface area contributed by atoms with E-state index in [0.29, 0.717) is 19.2 Å². The Balaban J connectivity index is 1.90. The van der Waals surface area contributed by atoms with Gasteiger partial charge < -0.3 is 14.9 Å². The molecule has 0 amide bonds. The Morgan fingerprint density at radius 1 is 1.37 bits per heavy atom. The van der Waals surface area contributed by atoms with Crippen LogP contribution in [0.15, 0.2) is 35.0 Å². The van der Waals surface area contributed by atoms with Gasteiger partial charge in [-0.15, -0.1) is 5.10 Å². The molecule has 0 aliphatic carbocycles. The van der Waals surface area contributed by atoms with E-state index in [4.69, 9.17) is 14.9 Å². The number of nitrogens with zero attached hydrogens (tertiary/aromatic N) is 3. The first-order chi connectivity index (χ1) is 9.28. The first-order valence-electron chi connectivity index (χ1n) is 5.95. The molecule has 2 N–H and O–H groups in total. The van der Waals surface area contributed by atoms with E-state index in [1.165, 1.54) is 0 Å². The van der Waals surface area contributed by atoms with Crippen LogP contribution in [0.3, 0.4) is 0 Å². The van der Waals surface area contributed by atoms with Crippen molar-refractivity contribution in [3.63, 3.8) is 0 Å². The molecule has 3 rings (SSSR count). The minimum atomic E-state index is 0.336. The van der Waals surface area contributed by atoms with Gasteiger partial charge in [-0.1, -0.05) is 18.2 Å². The van der Waals surface area contributed by atoms with Crippen LogP contribution in [-0.4, -0.2) is 14.8 Å². The molecule has 98 valence electrons. The summed E-state index contributed by atoms with van der Waals surface area (Å²) in [5.74, 6) is 0.733. The van der Waals surface area contributed by atoms with Crippen LogP contribution >= 0.6 is 0 Å². The van der Waals surface area contributed by atoms with Crippen molar-refractivity contribution >= 4 is 11.0 Å². The van der Waals surface area contributed by atoms with Crippen molar-refractivity contribution in [3.8, 4) is 6.01 Å². The van der Waals surface area contributed by atoms with Crippen molar-refractivity contribution in [2.45, 2.75) is 13.2 Å². The van der Waals surface area contributed by atoms with Crippen molar-refractivity contribution < 1.29 is 9.15 Å². The van der Waals surface area contributed by atoms with Crippen LogP contribution in [-0.2, 0) is 20.2 Å². The minimum Gasteiger partial charge on any atom is -0.459 e. The normalized spacial score (nSPS) is 11.1. The molecular weight excluding hydrogens is 244 g/mol. The molecule has 0 atom stereocenters. The highest BCUT2D eigenvalue weighted by molar-refractivity contribution is 5.82. The maximum atomic E-state index is 5.70. The molecule has 1 aromatic carbocycles. The highest BCUT2D eigenvalue weighted by Gasteiger charge is 2.13. The van der Waals surface area contributed by atoms with E-state index in [0.717, 1.165) is 22.3 Å². The summed E-state index contributed by atoms with van der Waals surface area (Å²) in [6.45, 7) is 0.677. The third-order valence-electron chi connectivity index (χ3n) is 2.89. The van der Waals surface area contributed by atoms with Gasteiger partial charge in [0.2, 0.25) is 0 Å². The molecule has 0 radical (unpaired) electrons. The summed E-state index contributed by atoms with van der Waals surface area (Å²) in [6, 6.07) is 8.13. The lowest BCUT2D eigenvalue weighted by atomic mass is 10.1. The number of para-hydroxylation sites is 1. The number of nitrogens with two attached hydrogens (primary N) is 1. The summed E-state index contributed by atoms with van der Waals surface area (Å²) in [5, 5.41) is 5.08. The average molecular weight is 258 g/mol. The SMILES string of the molecule is Cn1cnc(OCc2c(CN)oc3ccccc23)n1. The Labute approximate surface area is 109 Å². The van der Waals surface area contributed by atoms with E-state index in [1.807, 2.05) is 24.3 Å². The monoisotopic (exact) mass is 258 g/mol. The Kier molecular flexibility index (Phi) is 2.92. The molecule has 6 nitrogen and oxygen atoms in total. The van der Waals surface area contributed by atoms with Gasteiger partial charge in [0.05, 0.1) is 6.54 Å². The van der Waals surface area contributed by atoms with Gasteiger partial charge in [-0.2, -0.15) is 4.98 Å². The van der Waals surface area contributed by atoms with Gasteiger partial charge >= 0.3 is 6.01 Å². The van der Waals surface area contributed by atoms with Gasteiger partial charge in [-0.3, -0.25) is 4.68 Å². The Bertz CT molecular complexity index is 702. The number of aromatic nitrogens is 3. The highest BCUT2D eigenvalue weighted by atomic mass is 16.5. The molecule has 0 saturated carbocycles. The summed E-state index contributed by atoms with van der Waals surface area (Å²) in [6.07, 6.45) is 1.59. The maximum absolute atomic E-state index is 5.70. The highest BCUT2D eigenvalue weighted by Crippen LogP contribution is 2.26. The average Bonchev–Trinajstić information content (AvgIpc) is 2.99. The first-order valence-corrected chi connectivity index (χ1v) is 5.95. The molecule has 0 aliphatic heterocycles. The third-order valence-corrected chi connectivity index (χ3v) is 2.89. The number of ether oxygens (including phenoxy) is 1. The van der Waals surface area contributed by atoms with Crippen LogP contribution in [0.25, 0.3) is 11.0 Å². The van der Waals surface area contributed by atoms with E-state index >= 15 is 0 Å².